The van der Waals surface area contributed by atoms with E-state index >= 15 is 0 Å². The molecule has 1 aromatic carbocycles. The Kier molecular flexibility index (Phi) is 4.16. The lowest BCUT2D eigenvalue weighted by Gasteiger charge is -2.02. The molecule has 0 fully saturated rings. The summed E-state index contributed by atoms with van der Waals surface area (Å²) in [5.41, 5.74) is 3.72. The van der Waals surface area contributed by atoms with Crippen molar-refractivity contribution in [3.8, 4) is 0 Å². The van der Waals surface area contributed by atoms with Crippen molar-refractivity contribution in [1.82, 2.24) is 4.57 Å². The molecule has 0 atom stereocenters. The van der Waals surface area contributed by atoms with Crippen LogP contribution in [0.3, 0.4) is 0 Å². The number of aryl methyl sites for hydroxylation is 1. The maximum absolute atomic E-state index is 11.0. The average Bonchev–Trinajstić information content (AvgIpc) is 2.79. The summed E-state index contributed by atoms with van der Waals surface area (Å²) in [6, 6.07) is 7.09. The maximum Gasteiger partial charge on any atom is 0.301 e. The van der Waals surface area contributed by atoms with Crippen LogP contribution in [0.25, 0.3) is 0 Å². The summed E-state index contributed by atoms with van der Waals surface area (Å²) in [6.07, 6.45) is 1.51. The highest BCUT2D eigenvalue weighted by Gasteiger charge is 2.19. The quantitative estimate of drug-likeness (QED) is 0.517. The van der Waals surface area contributed by atoms with Crippen LogP contribution in [0.5, 0.6) is 0 Å². The fourth-order valence-corrected chi connectivity index (χ4v) is 1.81. The molecule has 1 aromatic heterocycles. The number of hydrogen-bond donors (Lipinski definition) is 1. The van der Waals surface area contributed by atoms with Gasteiger partial charge >= 0.3 is 5.69 Å². The molecule has 0 spiro atoms. The Morgan fingerprint density at radius 1 is 1.18 bits per heavy atom. The van der Waals surface area contributed by atoms with Crippen molar-refractivity contribution in [3.05, 3.63) is 61.9 Å². The van der Waals surface area contributed by atoms with Crippen LogP contribution in [-0.4, -0.2) is 20.6 Å². The normalized spacial score (nSPS) is 10.8. The number of hydrazone groups is 1. The molecule has 0 bridgehead atoms. The zero-order valence-electron chi connectivity index (χ0n) is 11.9. The molecule has 2 aromatic rings. The van der Waals surface area contributed by atoms with Gasteiger partial charge < -0.3 is 4.57 Å². The number of nitro benzene ring substituents is 2. The fourth-order valence-electron chi connectivity index (χ4n) is 1.81. The van der Waals surface area contributed by atoms with Crippen molar-refractivity contribution in [2.24, 2.45) is 12.1 Å². The lowest BCUT2D eigenvalue weighted by molar-refractivity contribution is -0.393. The third-order valence-electron chi connectivity index (χ3n) is 3.18. The molecule has 0 aliphatic carbocycles. The van der Waals surface area contributed by atoms with Crippen LogP contribution < -0.4 is 5.43 Å². The number of non-ortho nitro benzene ring substituents is 1. The van der Waals surface area contributed by atoms with Crippen LogP contribution in [0.4, 0.5) is 17.1 Å². The molecule has 114 valence electrons. The van der Waals surface area contributed by atoms with Gasteiger partial charge in [-0.3, -0.25) is 25.7 Å². The minimum atomic E-state index is -0.697. The van der Waals surface area contributed by atoms with Gasteiger partial charge in [0.2, 0.25) is 0 Å². The first-order chi connectivity index (χ1) is 10.4. The number of benzene rings is 1. The van der Waals surface area contributed by atoms with E-state index in [1.165, 1.54) is 18.3 Å². The fraction of sp³-hybridized carbons (Fsp3) is 0.154. The second kappa shape index (κ2) is 6.04. The monoisotopic (exact) mass is 303 g/mol. The molecule has 0 aliphatic heterocycles. The van der Waals surface area contributed by atoms with Gasteiger partial charge in [0, 0.05) is 18.8 Å². The Labute approximate surface area is 125 Å². The molecule has 22 heavy (non-hydrogen) atoms. The van der Waals surface area contributed by atoms with Gasteiger partial charge in [-0.1, -0.05) is 0 Å². The van der Waals surface area contributed by atoms with E-state index in [4.69, 9.17) is 0 Å². The topological polar surface area (TPSA) is 116 Å². The number of nitrogens with one attached hydrogen (secondary N) is 1. The Bertz CT molecular complexity index is 766. The third-order valence-corrected chi connectivity index (χ3v) is 3.18. The molecule has 1 heterocycles. The van der Waals surface area contributed by atoms with Gasteiger partial charge in [-0.15, -0.1) is 0 Å². The van der Waals surface area contributed by atoms with E-state index in [9.17, 15) is 20.2 Å². The molecule has 9 nitrogen and oxygen atoms in total. The minimum Gasteiger partial charge on any atom is -0.347 e. The Morgan fingerprint density at radius 2 is 1.91 bits per heavy atom. The molecule has 1 N–H and O–H groups in total. The summed E-state index contributed by atoms with van der Waals surface area (Å²) in [4.78, 5) is 20.2. The van der Waals surface area contributed by atoms with Gasteiger partial charge in [-0.2, -0.15) is 5.10 Å². The highest BCUT2D eigenvalue weighted by atomic mass is 16.6. The van der Waals surface area contributed by atoms with Crippen molar-refractivity contribution in [1.29, 1.82) is 0 Å². The van der Waals surface area contributed by atoms with E-state index < -0.39 is 15.5 Å². The second-order valence-corrected chi connectivity index (χ2v) is 4.54. The lowest BCUT2D eigenvalue weighted by Crippen LogP contribution is -2.00. The molecule has 0 amide bonds. The number of hydrogen-bond acceptors (Lipinski definition) is 6. The predicted octanol–water partition coefficient (Wildman–Crippen LogP) is 2.60. The molecule has 0 saturated heterocycles. The van der Waals surface area contributed by atoms with Gasteiger partial charge in [0.25, 0.3) is 5.69 Å². The van der Waals surface area contributed by atoms with Crippen LogP contribution >= 0.6 is 0 Å². The first kappa shape index (κ1) is 15.2. The van der Waals surface area contributed by atoms with Crippen molar-refractivity contribution < 1.29 is 9.85 Å². The largest absolute Gasteiger partial charge is 0.347 e. The van der Waals surface area contributed by atoms with E-state index in [1.54, 1.807) is 0 Å². The molecule has 2 rings (SSSR count). The highest BCUT2D eigenvalue weighted by Crippen LogP contribution is 2.28. The predicted molar refractivity (Wildman–Crippen MR) is 81.1 cm³/mol. The summed E-state index contributed by atoms with van der Waals surface area (Å²) in [5.74, 6) is 0. The third kappa shape index (κ3) is 3.08. The van der Waals surface area contributed by atoms with Crippen LogP contribution in [0.15, 0.2) is 35.4 Å². The van der Waals surface area contributed by atoms with Crippen LogP contribution in [-0.2, 0) is 7.05 Å². The Hall–Kier alpha value is -3.23. The first-order valence-corrected chi connectivity index (χ1v) is 6.24. The van der Waals surface area contributed by atoms with Crippen molar-refractivity contribution in [3.63, 3.8) is 0 Å². The maximum atomic E-state index is 11.0. The summed E-state index contributed by atoms with van der Waals surface area (Å²) in [5, 5.41) is 25.6. The van der Waals surface area contributed by atoms with E-state index in [2.05, 4.69) is 10.5 Å². The summed E-state index contributed by atoms with van der Waals surface area (Å²) < 4.78 is 1.90. The zero-order chi connectivity index (χ0) is 16.3. The Morgan fingerprint density at radius 3 is 2.45 bits per heavy atom. The van der Waals surface area contributed by atoms with Crippen molar-refractivity contribution in [2.75, 3.05) is 5.43 Å². The number of anilines is 1. The summed E-state index contributed by atoms with van der Waals surface area (Å²) >= 11 is 0. The van der Waals surface area contributed by atoms with Crippen LogP contribution in [0.2, 0.25) is 0 Å². The molecule has 0 aliphatic rings. The molecule has 0 unspecified atom stereocenters. The number of nitrogens with zero attached hydrogens (tertiary/aromatic N) is 4. The molecule has 0 saturated carbocycles. The van der Waals surface area contributed by atoms with Crippen LogP contribution in [0, 0.1) is 27.2 Å². The van der Waals surface area contributed by atoms with Gasteiger partial charge in [0.1, 0.15) is 5.69 Å². The lowest BCUT2D eigenvalue weighted by atomic mass is 10.2. The Balaban J connectivity index is 2.24. The van der Waals surface area contributed by atoms with E-state index in [0.29, 0.717) is 0 Å². The molecule has 0 radical (unpaired) electrons. The summed E-state index contributed by atoms with van der Waals surface area (Å²) in [7, 11) is 1.87. The average molecular weight is 303 g/mol. The standard InChI is InChI=1S/C13H13N5O4/c1-9-3-4-11(16(9)2)8-14-15-12-6-5-10(17(19)20)7-13(12)18(21)22/h3-8,15H,1-2H3/b14-8+. The smallest absolute Gasteiger partial charge is 0.301 e. The second-order valence-electron chi connectivity index (χ2n) is 4.54. The molecular weight excluding hydrogens is 290 g/mol. The zero-order valence-corrected chi connectivity index (χ0v) is 11.9. The summed E-state index contributed by atoms with van der Waals surface area (Å²) in [6.45, 7) is 1.94. The van der Waals surface area contributed by atoms with E-state index in [1.807, 2.05) is 30.7 Å². The van der Waals surface area contributed by atoms with Gasteiger partial charge in [0.15, 0.2) is 0 Å². The van der Waals surface area contributed by atoms with Crippen LogP contribution in [0.1, 0.15) is 11.4 Å². The molecular formula is C13H13N5O4. The highest BCUT2D eigenvalue weighted by molar-refractivity contribution is 5.79. The van der Waals surface area contributed by atoms with Gasteiger partial charge in [-0.25, -0.2) is 0 Å². The SMILES string of the molecule is Cc1ccc(/C=N/Nc2ccc([N+](=O)[O-])cc2[N+](=O)[O-])n1C. The number of nitro groups is 2. The molecule has 9 heteroatoms. The van der Waals surface area contributed by atoms with E-state index in [-0.39, 0.29) is 11.4 Å². The number of rotatable bonds is 5. The number of aromatic nitrogens is 1. The minimum absolute atomic E-state index is 0.0813. The first-order valence-electron chi connectivity index (χ1n) is 6.24. The van der Waals surface area contributed by atoms with Crippen molar-refractivity contribution in [2.45, 2.75) is 6.92 Å². The van der Waals surface area contributed by atoms with Gasteiger partial charge in [0.05, 0.1) is 27.8 Å². The van der Waals surface area contributed by atoms with E-state index in [0.717, 1.165) is 17.5 Å². The van der Waals surface area contributed by atoms with Gasteiger partial charge in [-0.05, 0) is 25.1 Å². The van der Waals surface area contributed by atoms with Crippen molar-refractivity contribution >= 4 is 23.3 Å².